The third-order valence-corrected chi connectivity index (χ3v) is 3.22. The van der Waals surface area contributed by atoms with E-state index in [1.165, 1.54) is 0 Å². The monoisotopic (exact) mass is 354 g/mol. The van der Waals surface area contributed by atoms with Crippen LogP contribution in [-0.2, 0) is 4.79 Å². The van der Waals surface area contributed by atoms with Crippen LogP contribution in [0.25, 0.3) is 0 Å². The molecule has 0 spiro atoms. The van der Waals surface area contributed by atoms with Crippen molar-refractivity contribution >= 4 is 44.8 Å². The molecule has 0 saturated carbocycles. The Kier molecular flexibility index (Phi) is 4.87. The lowest BCUT2D eigenvalue weighted by Gasteiger charge is -2.09. The molecule has 0 aliphatic heterocycles. The summed E-state index contributed by atoms with van der Waals surface area (Å²) >= 11 is 9.06. The molecule has 0 saturated heterocycles. The Bertz CT molecular complexity index is 617. The van der Waals surface area contributed by atoms with Gasteiger partial charge in [0.05, 0.1) is 11.4 Å². The lowest BCUT2D eigenvalue weighted by molar-refractivity contribution is -0.118. The summed E-state index contributed by atoms with van der Waals surface area (Å²) in [5, 5.41) is 3.30. The summed E-state index contributed by atoms with van der Waals surface area (Å²) in [6.07, 6.45) is 0. The first-order chi connectivity index (χ1) is 9.54. The van der Waals surface area contributed by atoms with Crippen molar-refractivity contribution in [1.29, 1.82) is 0 Å². The molecule has 2 aromatic carbocycles. The molecule has 0 fully saturated rings. The molecule has 0 atom stereocenters. The number of amides is 1. The zero-order valence-corrected chi connectivity index (χ0v) is 12.7. The summed E-state index contributed by atoms with van der Waals surface area (Å²) in [6, 6.07) is 12.0. The molecule has 0 aromatic heterocycles. The van der Waals surface area contributed by atoms with Crippen molar-refractivity contribution in [3.63, 3.8) is 0 Å². The lowest BCUT2D eigenvalue weighted by atomic mass is 10.2. The topological polar surface area (TPSA) is 64.3 Å². The van der Waals surface area contributed by atoms with Crippen molar-refractivity contribution in [2.24, 2.45) is 0 Å². The van der Waals surface area contributed by atoms with Gasteiger partial charge in [0, 0.05) is 9.50 Å². The normalized spacial score (nSPS) is 10.1. The highest BCUT2D eigenvalue weighted by Crippen LogP contribution is 2.23. The molecule has 0 unspecified atom stereocenters. The Morgan fingerprint density at radius 1 is 1.25 bits per heavy atom. The fourth-order valence-corrected chi connectivity index (χ4v) is 2.02. The first-order valence-corrected chi connectivity index (χ1v) is 6.95. The summed E-state index contributed by atoms with van der Waals surface area (Å²) in [4.78, 5) is 11.8. The van der Waals surface area contributed by atoms with Gasteiger partial charge in [-0.2, -0.15) is 0 Å². The first kappa shape index (κ1) is 14.7. The van der Waals surface area contributed by atoms with Gasteiger partial charge in [0.1, 0.15) is 5.75 Å². The van der Waals surface area contributed by atoms with E-state index in [1.54, 1.807) is 42.5 Å². The van der Waals surface area contributed by atoms with Gasteiger partial charge < -0.3 is 15.8 Å². The highest BCUT2D eigenvalue weighted by atomic mass is 79.9. The number of halogens is 2. The molecule has 2 rings (SSSR count). The maximum Gasteiger partial charge on any atom is 0.262 e. The van der Waals surface area contributed by atoms with E-state index in [0.717, 1.165) is 4.47 Å². The number of nitrogens with one attached hydrogen (secondary N) is 1. The van der Waals surface area contributed by atoms with Gasteiger partial charge in [-0.05, 0) is 42.5 Å². The number of benzene rings is 2. The highest BCUT2D eigenvalue weighted by Gasteiger charge is 2.06. The summed E-state index contributed by atoms with van der Waals surface area (Å²) in [5.74, 6) is 0.294. The average Bonchev–Trinajstić information content (AvgIpc) is 2.41. The van der Waals surface area contributed by atoms with Crippen LogP contribution in [-0.4, -0.2) is 12.5 Å². The minimum Gasteiger partial charge on any atom is -0.484 e. The van der Waals surface area contributed by atoms with Crippen LogP contribution in [0.15, 0.2) is 46.9 Å². The molecule has 0 aliphatic rings. The number of nitrogen functional groups attached to an aromatic ring is 1. The number of rotatable bonds is 4. The summed E-state index contributed by atoms with van der Waals surface area (Å²) in [6.45, 7) is -0.100. The van der Waals surface area contributed by atoms with Crippen LogP contribution >= 0.6 is 27.5 Å². The Morgan fingerprint density at radius 3 is 2.60 bits per heavy atom. The van der Waals surface area contributed by atoms with Crippen LogP contribution < -0.4 is 15.8 Å². The average molecular weight is 356 g/mol. The third-order valence-electron chi connectivity index (χ3n) is 2.47. The van der Waals surface area contributed by atoms with E-state index < -0.39 is 0 Å². The predicted octanol–water partition coefficient (Wildman–Crippen LogP) is 3.70. The fraction of sp³-hybridized carbons (Fsp3) is 0.0714. The number of carbonyl (C=O) groups is 1. The van der Waals surface area contributed by atoms with Gasteiger partial charge in [-0.1, -0.05) is 27.5 Å². The van der Waals surface area contributed by atoms with Crippen LogP contribution in [0, 0.1) is 0 Å². The maximum atomic E-state index is 11.8. The summed E-state index contributed by atoms with van der Waals surface area (Å²) in [7, 11) is 0. The van der Waals surface area contributed by atoms with Gasteiger partial charge in [-0.15, -0.1) is 0 Å². The minimum absolute atomic E-state index is 0.100. The minimum atomic E-state index is -0.283. The van der Waals surface area contributed by atoms with Crippen molar-refractivity contribution < 1.29 is 9.53 Å². The van der Waals surface area contributed by atoms with E-state index in [9.17, 15) is 4.79 Å². The van der Waals surface area contributed by atoms with Crippen molar-refractivity contribution in [1.82, 2.24) is 0 Å². The standard InChI is InChI=1S/C14H12BrClN2O2/c15-9-1-6-13(12(17)7-9)18-14(19)8-20-11-4-2-10(16)3-5-11/h1-7H,8,17H2,(H,18,19). The molecular formula is C14H12BrClN2O2. The van der Waals surface area contributed by atoms with E-state index in [1.807, 2.05) is 0 Å². The van der Waals surface area contributed by atoms with Crippen LogP contribution in [0.4, 0.5) is 11.4 Å². The number of hydrogen-bond acceptors (Lipinski definition) is 3. The lowest BCUT2D eigenvalue weighted by Crippen LogP contribution is -2.20. The van der Waals surface area contributed by atoms with Crippen molar-refractivity contribution in [2.45, 2.75) is 0 Å². The van der Waals surface area contributed by atoms with Gasteiger partial charge in [-0.3, -0.25) is 4.79 Å². The predicted molar refractivity (Wildman–Crippen MR) is 84.1 cm³/mol. The zero-order valence-electron chi connectivity index (χ0n) is 10.4. The first-order valence-electron chi connectivity index (χ1n) is 5.78. The van der Waals surface area contributed by atoms with E-state index >= 15 is 0 Å². The zero-order chi connectivity index (χ0) is 14.5. The van der Waals surface area contributed by atoms with E-state index in [2.05, 4.69) is 21.2 Å². The molecule has 20 heavy (non-hydrogen) atoms. The molecule has 1 amide bonds. The van der Waals surface area contributed by atoms with Gasteiger partial charge in [0.2, 0.25) is 0 Å². The Morgan fingerprint density at radius 2 is 1.95 bits per heavy atom. The quantitative estimate of drug-likeness (QED) is 0.822. The largest absolute Gasteiger partial charge is 0.484 e. The molecule has 0 aliphatic carbocycles. The molecule has 0 bridgehead atoms. The third kappa shape index (κ3) is 4.15. The smallest absolute Gasteiger partial charge is 0.262 e. The highest BCUT2D eigenvalue weighted by molar-refractivity contribution is 9.10. The second kappa shape index (κ2) is 6.63. The Labute approximate surface area is 130 Å². The van der Waals surface area contributed by atoms with Crippen molar-refractivity contribution in [3.8, 4) is 5.75 Å². The molecule has 0 heterocycles. The molecule has 104 valence electrons. The van der Waals surface area contributed by atoms with Gasteiger partial charge in [-0.25, -0.2) is 0 Å². The summed E-state index contributed by atoms with van der Waals surface area (Å²) < 4.78 is 6.19. The number of carbonyl (C=O) groups excluding carboxylic acids is 1. The van der Waals surface area contributed by atoms with Crippen LogP contribution in [0.1, 0.15) is 0 Å². The van der Waals surface area contributed by atoms with Crippen LogP contribution in [0.3, 0.4) is 0 Å². The molecule has 6 heteroatoms. The Balaban J connectivity index is 1.90. The number of hydrogen-bond donors (Lipinski definition) is 2. The van der Waals surface area contributed by atoms with Gasteiger partial charge in [0.15, 0.2) is 6.61 Å². The second-order valence-corrected chi connectivity index (χ2v) is 5.37. The number of anilines is 2. The maximum absolute atomic E-state index is 11.8. The van der Waals surface area contributed by atoms with Crippen LogP contribution in [0.2, 0.25) is 5.02 Å². The van der Waals surface area contributed by atoms with Crippen LogP contribution in [0.5, 0.6) is 5.75 Å². The molecule has 3 N–H and O–H groups in total. The molecule has 0 radical (unpaired) electrons. The van der Waals surface area contributed by atoms with E-state index in [0.29, 0.717) is 22.1 Å². The summed E-state index contributed by atoms with van der Waals surface area (Å²) in [5.41, 5.74) is 6.83. The molecule has 4 nitrogen and oxygen atoms in total. The van der Waals surface area contributed by atoms with Gasteiger partial charge in [0.25, 0.3) is 5.91 Å². The SMILES string of the molecule is Nc1cc(Br)ccc1NC(=O)COc1ccc(Cl)cc1. The van der Waals surface area contributed by atoms with E-state index in [-0.39, 0.29) is 12.5 Å². The molecule has 2 aromatic rings. The van der Waals surface area contributed by atoms with E-state index in [4.69, 9.17) is 22.1 Å². The van der Waals surface area contributed by atoms with Crippen molar-refractivity contribution in [3.05, 3.63) is 52.0 Å². The van der Waals surface area contributed by atoms with Gasteiger partial charge >= 0.3 is 0 Å². The number of ether oxygens (including phenoxy) is 1. The molecular weight excluding hydrogens is 344 g/mol. The second-order valence-electron chi connectivity index (χ2n) is 4.02. The number of nitrogens with two attached hydrogens (primary N) is 1. The Hall–Kier alpha value is -1.72. The fourth-order valence-electron chi connectivity index (χ4n) is 1.51. The van der Waals surface area contributed by atoms with Crippen molar-refractivity contribution in [2.75, 3.05) is 17.7 Å².